The molecule has 4 heavy (non-hydrogen) atoms. The molecule has 0 N–H and O–H groups in total. The van der Waals surface area contributed by atoms with Crippen LogP contribution in [0, 0.1) is 0 Å². The topological polar surface area (TPSA) is 34.1 Å². The van der Waals surface area contributed by atoms with Crippen LogP contribution in [0.25, 0.3) is 0 Å². The summed E-state index contributed by atoms with van der Waals surface area (Å²) in [5.74, 6) is 0. The summed E-state index contributed by atoms with van der Waals surface area (Å²) >= 11 is 0. The van der Waals surface area contributed by atoms with Gasteiger partial charge in [0.25, 0.3) is 0 Å². The zero-order valence-corrected chi connectivity index (χ0v) is 3.38. The van der Waals surface area contributed by atoms with Gasteiger partial charge in [-0.05, 0) is 0 Å². The number of carbonyl (C=O) groups excluding carboxylic acids is 2. The summed E-state index contributed by atoms with van der Waals surface area (Å²) in [7, 11) is 0. The maximum Gasteiger partial charge on any atom is 0.373 e. The summed E-state index contributed by atoms with van der Waals surface area (Å²) in [6, 6.07) is 0. The van der Waals surface area contributed by atoms with Crippen molar-refractivity contribution in [1.82, 2.24) is 0 Å². The van der Waals surface area contributed by atoms with E-state index in [1.807, 2.05) is 0 Å². The Kier molecular flexibility index (Phi) is 25.3. The van der Waals surface area contributed by atoms with Gasteiger partial charge in [-0.25, -0.2) is 0 Å². The van der Waals surface area contributed by atoms with E-state index in [9.17, 15) is 0 Å². The zero-order chi connectivity index (χ0) is 2.71. The fourth-order valence-corrected chi connectivity index (χ4v) is 0. The van der Waals surface area contributed by atoms with Crippen molar-refractivity contribution in [3.63, 3.8) is 0 Å². The van der Waals surface area contributed by atoms with E-state index in [1.54, 1.807) is 0 Å². The smallest absolute Gasteiger partial charge is 0.186 e. The molecule has 2 nitrogen and oxygen atoms in total. The van der Waals surface area contributed by atoms with E-state index in [0.717, 1.165) is 0 Å². The minimum atomic E-state index is 0. The number of hydrogen-bond donors (Lipinski definition) is 0. The Balaban J connectivity index is 0. The molecule has 0 aliphatic rings. The van der Waals surface area contributed by atoms with Crippen LogP contribution in [0.2, 0.25) is 0 Å². The van der Waals surface area contributed by atoms with Crippen LogP contribution < -0.4 is 0 Å². The molecule has 0 bridgehead atoms. The Morgan fingerprint density at radius 2 is 1.25 bits per heavy atom. The first-order valence-electron chi connectivity index (χ1n) is 0.408. The molecule has 0 aromatic rings. The predicted molar refractivity (Wildman–Crippen MR) is 5.01 cm³/mol. The summed E-state index contributed by atoms with van der Waals surface area (Å²) in [5.41, 5.74) is 0. The van der Waals surface area contributed by atoms with Crippen LogP contribution >= 0.6 is 0 Å². The van der Waals surface area contributed by atoms with Gasteiger partial charge in [0.1, 0.15) is 0 Å². The molecule has 0 atom stereocenters. The normalized spacial score (nSPS) is 2.00. The summed E-state index contributed by atoms with van der Waals surface area (Å²) in [4.78, 5) is 16.2. The van der Waals surface area contributed by atoms with Crippen molar-refractivity contribution in [2.45, 2.75) is 0 Å². The third-order valence-corrected chi connectivity index (χ3v) is 0. The standard InChI is InChI=1S/CO2.Ti/c2-1-3;. The van der Waals surface area contributed by atoms with Gasteiger partial charge < -0.3 is 0 Å². The van der Waals surface area contributed by atoms with Crippen molar-refractivity contribution >= 4 is 6.15 Å². The fourth-order valence-electron chi connectivity index (χ4n) is 0. The second-order valence-electron chi connectivity index (χ2n) is 0.0833. The van der Waals surface area contributed by atoms with E-state index in [0.29, 0.717) is 0 Å². The molecule has 0 amide bonds. The molecule has 0 aromatic heterocycles. The summed E-state index contributed by atoms with van der Waals surface area (Å²) in [6.45, 7) is 0. The second kappa shape index (κ2) is 11.3. The van der Waals surface area contributed by atoms with Crippen LogP contribution in [0.1, 0.15) is 0 Å². The van der Waals surface area contributed by atoms with Gasteiger partial charge in [-0.2, -0.15) is 9.59 Å². The van der Waals surface area contributed by atoms with Gasteiger partial charge in [0.2, 0.25) is 0 Å². The average Bonchev–Trinajstić information content (AvgIpc) is 0.918. The predicted octanol–water partition coefficient (Wildman–Crippen LogP) is -0.586. The average molecular weight is 91.9 g/mol. The Morgan fingerprint density at radius 1 is 1.25 bits per heavy atom. The first-order chi connectivity index (χ1) is 1.41. The van der Waals surface area contributed by atoms with Gasteiger partial charge in [-0.1, -0.05) is 0 Å². The molecule has 0 aliphatic carbocycles. The van der Waals surface area contributed by atoms with Crippen molar-refractivity contribution in [3.05, 3.63) is 0 Å². The minimum Gasteiger partial charge on any atom is -0.186 e. The monoisotopic (exact) mass is 91.9 g/mol. The third kappa shape index (κ3) is 282. The van der Waals surface area contributed by atoms with Crippen molar-refractivity contribution in [2.24, 2.45) is 0 Å². The van der Waals surface area contributed by atoms with Gasteiger partial charge in [0, 0.05) is 21.7 Å². The fraction of sp³-hybridized carbons (Fsp3) is 0. The molecule has 3 heteroatoms. The van der Waals surface area contributed by atoms with Crippen molar-refractivity contribution in [2.75, 3.05) is 0 Å². The molecule has 0 saturated carbocycles. The Bertz CT molecular complexity index is 27.0. The molecule has 0 heterocycles. The van der Waals surface area contributed by atoms with Gasteiger partial charge >= 0.3 is 6.15 Å². The van der Waals surface area contributed by atoms with Crippen LogP contribution in [0.3, 0.4) is 0 Å². The van der Waals surface area contributed by atoms with Crippen LogP contribution in [0.15, 0.2) is 0 Å². The van der Waals surface area contributed by atoms with Gasteiger partial charge in [-0.3, -0.25) is 0 Å². The van der Waals surface area contributed by atoms with Crippen molar-refractivity contribution in [3.8, 4) is 0 Å². The van der Waals surface area contributed by atoms with E-state index in [2.05, 4.69) is 0 Å². The third-order valence-electron chi connectivity index (χ3n) is 0. The quantitative estimate of drug-likeness (QED) is 0.374. The van der Waals surface area contributed by atoms with Gasteiger partial charge in [0.05, 0.1) is 0 Å². The molecular weight excluding hydrogens is 91.9 g/mol. The van der Waals surface area contributed by atoms with Crippen LogP contribution in [0.5, 0.6) is 0 Å². The molecule has 0 aromatic carbocycles. The summed E-state index contributed by atoms with van der Waals surface area (Å²) in [5, 5.41) is 0. The SMILES string of the molecule is O=C=O.[Ti]. The number of rotatable bonds is 0. The van der Waals surface area contributed by atoms with Crippen LogP contribution in [-0.2, 0) is 31.3 Å². The van der Waals surface area contributed by atoms with Gasteiger partial charge in [-0.15, -0.1) is 0 Å². The molecule has 0 rings (SSSR count). The van der Waals surface area contributed by atoms with E-state index in [1.165, 1.54) is 0 Å². The zero-order valence-electron chi connectivity index (χ0n) is 1.82. The molecule has 0 spiro atoms. The van der Waals surface area contributed by atoms with Crippen molar-refractivity contribution in [1.29, 1.82) is 0 Å². The first kappa shape index (κ1) is 8.94. The van der Waals surface area contributed by atoms with Crippen LogP contribution in [0.4, 0.5) is 0 Å². The van der Waals surface area contributed by atoms with E-state index in [-0.39, 0.29) is 27.9 Å². The van der Waals surface area contributed by atoms with E-state index < -0.39 is 0 Å². The van der Waals surface area contributed by atoms with Crippen LogP contribution in [-0.4, -0.2) is 6.15 Å². The van der Waals surface area contributed by atoms with Gasteiger partial charge in [0.15, 0.2) is 0 Å². The summed E-state index contributed by atoms with van der Waals surface area (Å²) in [6.07, 6.45) is 0.250. The molecule has 20 valence electrons. The second-order valence-corrected chi connectivity index (χ2v) is 0.0833. The Morgan fingerprint density at radius 3 is 1.25 bits per heavy atom. The summed E-state index contributed by atoms with van der Waals surface area (Å²) < 4.78 is 0. The van der Waals surface area contributed by atoms with Crippen molar-refractivity contribution < 1.29 is 31.3 Å². The number of hydrogen-bond acceptors (Lipinski definition) is 2. The molecule has 0 unspecified atom stereocenters. The van der Waals surface area contributed by atoms with E-state index in [4.69, 9.17) is 9.59 Å². The Hall–Kier alpha value is 0.0943. The molecule has 0 fully saturated rings. The molecule has 0 aliphatic heterocycles. The van der Waals surface area contributed by atoms with E-state index >= 15 is 0 Å². The minimum absolute atomic E-state index is 0. The maximum absolute atomic E-state index is 8.12. The molecule has 0 saturated heterocycles. The largest absolute Gasteiger partial charge is 0.373 e. The Labute approximate surface area is 38.1 Å². The first-order valence-corrected chi connectivity index (χ1v) is 0.408. The molecule has 0 radical (unpaired) electrons. The molecular formula is CO2Ti. The maximum atomic E-state index is 8.12.